The fourth-order valence-corrected chi connectivity index (χ4v) is 2.88. The van der Waals surface area contributed by atoms with Gasteiger partial charge in [0, 0.05) is 44.4 Å². The summed E-state index contributed by atoms with van der Waals surface area (Å²) in [6, 6.07) is 0. The molecular formula is C17H28N2O6. The molecule has 0 bridgehead atoms. The van der Waals surface area contributed by atoms with E-state index in [1.54, 1.807) is 0 Å². The van der Waals surface area contributed by atoms with E-state index in [9.17, 15) is 9.59 Å². The molecule has 142 valence electrons. The van der Waals surface area contributed by atoms with E-state index in [1.165, 1.54) is 0 Å². The van der Waals surface area contributed by atoms with Gasteiger partial charge in [-0.3, -0.25) is 9.80 Å². The number of aliphatic carboxylic acids is 1. The van der Waals surface area contributed by atoms with Gasteiger partial charge in [-0.2, -0.15) is 0 Å². The van der Waals surface area contributed by atoms with Crippen LogP contribution in [0.3, 0.4) is 0 Å². The van der Waals surface area contributed by atoms with Gasteiger partial charge >= 0.3 is 11.9 Å². The molecule has 2 heterocycles. The van der Waals surface area contributed by atoms with Crippen LogP contribution in [-0.4, -0.2) is 99.1 Å². The van der Waals surface area contributed by atoms with Crippen LogP contribution in [-0.2, 0) is 23.8 Å². The van der Waals surface area contributed by atoms with Gasteiger partial charge in [0.25, 0.3) is 0 Å². The monoisotopic (exact) mass is 356 g/mol. The Balaban J connectivity index is 1.71. The van der Waals surface area contributed by atoms with Crippen molar-refractivity contribution in [2.45, 2.75) is 12.8 Å². The Labute approximate surface area is 148 Å². The summed E-state index contributed by atoms with van der Waals surface area (Å²) in [5.74, 6) is -1.65. The van der Waals surface area contributed by atoms with E-state index >= 15 is 0 Å². The number of carbonyl (C=O) groups is 2. The highest BCUT2D eigenvalue weighted by Crippen LogP contribution is 2.10. The fraction of sp³-hybridized carbons (Fsp3) is 0.765. The predicted molar refractivity (Wildman–Crippen MR) is 90.4 cm³/mol. The SMILES string of the molecule is O=C(O)/C=C(\CCCN1CCOCC1)C(=O)OCCN1CCOCC1. The Morgan fingerprint density at radius 2 is 1.52 bits per heavy atom. The Morgan fingerprint density at radius 3 is 2.08 bits per heavy atom. The van der Waals surface area contributed by atoms with Crippen molar-refractivity contribution in [3.8, 4) is 0 Å². The Morgan fingerprint density at radius 1 is 0.960 bits per heavy atom. The van der Waals surface area contributed by atoms with Gasteiger partial charge in [-0.1, -0.05) is 0 Å². The quantitative estimate of drug-likeness (QED) is 0.456. The first kappa shape index (κ1) is 19.8. The minimum absolute atomic E-state index is 0.225. The van der Waals surface area contributed by atoms with Crippen molar-refractivity contribution < 1.29 is 28.9 Å². The van der Waals surface area contributed by atoms with E-state index in [0.717, 1.165) is 58.4 Å². The number of morpholine rings is 2. The number of esters is 1. The molecule has 0 aromatic rings. The molecule has 0 saturated carbocycles. The van der Waals surface area contributed by atoms with Crippen LogP contribution in [0.4, 0.5) is 0 Å². The topological polar surface area (TPSA) is 88.5 Å². The summed E-state index contributed by atoms with van der Waals surface area (Å²) in [4.78, 5) is 27.6. The molecule has 0 aromatic carbocycles. The molecule has 1 N–H and O–H groups in total. The van der Waals surface area contributed by atoms with Gasteiger partial charge in [-0.25, -0.2) is 9.59 Å². The van der Waals surface area contributed by atoms with E-state index in [4.69, 9.17) is 19.3 Å². The number of hydrogen-bond donors (Lipinski definition) is 1. The van der Waals surface area contributed by atoms with Crippen LogP contribution in [0.1, 0.15) is 12.8 Å². The Hall–Kier alpha value is -1.48. The van der Waals surface area contributed by atoms with Gasteiger partial charge in [0.1, 0.15) is 6.61 Å². The zero-order chi connectivity index (χ0) is 17.9. The summed E-state index contributed by atoms with van der Waals surface area (Å²) < 4.78 is 15.8. The Kier molecular flexibility index (Phi) is 8.89. The zero-order valence-electron chi connectivity index (χ0n) is 14.7. The van der Waals surface area contributed by atoms with Gasteiger partial charge in [-0.05, 0) is 19.4 Å². The highest BCUT2D eigenvalue weighted by Gasteiger charge is 2.16. The van der Waals surface area contributed by atoms with Crippen molar-refractivity contribution in [2.24, 2.45) is 0 Å². The molecule has 2 aliphatic heterocycles. The van der Waals surface area contributed by atoms with Crippen LogP contribution in [0.15, 0.2) is 11.6 Å². The van der Waals surface area contributed by atoms with Gasteiger partial charge in [0.05, 0.1) is 26.4 Å². The fourth-order valence-electron chi connectivity index (χ4n) is 2.88. The molecule has 25 heavy (non-hydrogen) atoms. The van der Waals surface area contributed by atoms with Crippen LogP contribution in [0.2, 0.25) is 0 Å². The smallest absolute Gasteiger partial charge is 0.334 e. The van der Waals surface area contributed by atoms with Gasteiger partial charge < -0.3 is 19.3 Å². The minimum atomic E-state index is -1.12. The largest absolute Gasteiger partial charge is 0.478 e. The number of nitrogens with zero attached hydrogens (tertiary/aromatic N) is 2. The maximum atomic E-state index is 12.2. The van der Waals surface area contributed by atoms with Crippen molar-refractivity contribution >= 4 is 11.9 Å². The summed E-state index contributed by atoms with van der Waals surface area (Å²) in [6.45, 7) is 7.97. The van der Waals surface area contributed by atoms with Gasteiger partial charge in [0.15, 0.2) is 0 Å². The molecule has 8 heteroatoms. The average Bonchev–Trinajstić information content (AvgIpc) is 2.62. The number of rotatable bonds is 9. The lowest BCUT2D eigenvalue weighted by molar-refractivity contribution is -0.140. The van der Waals surface area contributed by atoms with E-state index in [2.05, 4.69) is 9.80 Å². The number of carboxylic acids is 1. The minimum Gasteiger partial charge on any atom is -0.478 e. The molecule has 0 aliphatic carbocycles. The molecular weight excluding hydrogens is 328 g/mol. The number of carbonyl (C=O) groups excluding carboxylic acids is 1. The first-order chi connectivity index (χ1) is 12.1. The van der Waals surface area contributed by atoms with Gasteiger partial charge in [0.2, 0.25) is 0 Å². The van der Waals surface area contributed by atoms with Crippen molar-refractivity contribution in [3.63, 3.8) is 0 Å². The van der Waals surface area contributed by atoms with E-state index in [-0.39, 0.29) is 12.2 Å². The highest BCUT2D eigenvalue weighted by molar-refractivity contribution is 5.95. The summed E-state index contributed by atoms with van der Waals surface area (Å²) in [5, 5.41) is 8.98. The molecule has 2 saturated heterocycles. The second-order valence-electron chi connectivity index (χ2n) is 6.16. The highest BCUT2D eigenvalue weighted by atomic mass is 16.5. The van der Waals surface area contributed by atoms with Crippen LogP contribution >= 0.6 is 0 Å². The molecule has 2 fully saturated rings. The first-order valence-electron chi connectivity index (χ1n) is 8.86. The number of ether oxygens (including phenoxy) is 3. The second-order valence-corrected chi connectivity index (χ2v) is 6.16. The van der Waals surface area contributed by atoms with Crippen LogP contribution in [0.5, 0.6) is 0 Å². The third-order valence-corrected chi connectivity index (χ3v) is 4.33. The average molecular weight is 356 g/mol. The molecule has 0 unspecified atom stereocenters. The molecule has 2 rings (SSSR count). The zero-order valence-corrected chi connectivity index (χ0v) is 14.7. The first-order valence-corrected chi connectivity index (χ1v) is 8.86. The van der Waals surface area contributed by atoms with E-state index in [1.807, 2.05) is 0 Å². The molecule has 8 nitrogen and oxygen atoms in total. The molecule has 0 spiro atoms. The summed E-state index contributed by atoms with van der Waals surface area (Å²) in [6.07, 6.45) is 2.09. The second kappa shape index (κ2) is 11.2. The standard InChI is InChI=1S/C17H28N2O6/c20-16(21)14-15(2-1-3-18-4-9-23-10-5-18)17(22)25-13-8-19-6-11-24-12-7-19/h14H,1-13H2,(H,20,21)/b15-14+. The van der Waals surface area contributed by atoms with Crippen LogP contribution < -0.4 is 0 Å². The predicted octanol–water partition coefficient (Wildman–Crippen LogP) is -0.0148. The lowest BCUT2D eigenvalue weighted by Gasteiger charge is -2.26. The maximum absolute atomic E-state index is 12.2. The lowest BCUT2D eigenvalue weighted by Crippen LogP contribution is -2.38. The summed E-state index contributed by atoms with van der Waals surface area (Å²) in [5.41, 5.74) is 0.225. The van der Waals surface area contributed by atoms with E-state index in [0.29, 0.717) is 26.2 Å². The van der Waals surface area contributed by atoms with Gasteiger partial charge in [-0.15, -0.1) is 0 Å². The Bertz CT molecular complexity index is 456. The maximum Gasteiger partial charge on any atom is 0.334 e. The third-order valence-electron chi connectivity index (χ3n) is 4.33. The molecule has 2 aliphatic rings. The van der Waals surface area contributed by atoms with Crippen molar-refractivity contribution in [1.29, 1.82) is 0 Å². The lowest BCUT2D eigenvalue weighted by atomic mass is 10.1. The van der Waals surface area contributed by atoms with Crippen molar-refractivity contribution in [1.82, 2.24) is 9.80 Å². The molecule has 0 atom stereocenters. The summed E-state index contributed by atoms with van der Waals surface area (Å²) >= 11 is 0. The normalized spacial score (nSPS) is 20.4. The number of hydrogen-bond acceptors (Lipinski definition) is 7. The summed E-state index contributed by atoms with van der Waals surface area (Å²) in [7, 11) is 0. The van der Waals surface area contributed by atoms with E-state index < -0.39 is 11.9 Å². The van der Waals surface area contributed by atoms with Crippen LogP contribution in [0.25, 0.3) is 0 Å². The van der Waals surface area contributed by atoms with Crippen molar-refractivity contribution in [2.75, 3.05) is 72.3 Å². The number of carboxylic acid groups (broad SMARTS) is 1. The van der Waals surface area contributed by atoms with Crippen molar-refractivity contribution in [3.05, 3.63) is 11.6 Å². The molecule has 0 amide bonds. The molecule has 0 radical (unpaired) electrons. The third kappa shape index (κ3) is 7.96. The van der Waals surface area contributed by atoms with Crippen LogP contribution in [0, 0.1) is 0 Å². The molecule has 0 aromatic heterocycles.